The minimum Gasteiger partial charge on any atom is -0.477 e. The summed E-state index contributed by atoms with van der Waals surface area (Å²) in [5, 5.41) is 20.5. The van der Waals surface area contributed by atoms with Crippen LogP contribution < -0.4 is 5.32 Å². The zero-order valence-corrected chi connectivity index (χ0v) is 8.75. The second kappa shape index (κ2) is 5.99. The Kier molecular flexibility index (Phi) is 4.62. The zero-order chi connectivity index (χ0) is 12.0. The van der Waals surface area contributed by atoms with Gasteiger partial charge in [0.1, 0.15) is 0 Å². The van der Waals surface area contributed by atoms with E-state index in [1.807, 2.05) is 0 Å². The van der Waals surface area contributed by atoms with E-state index in [9.17, 15) is 4.79 Å². The quantitative estimate of drug-likeness (QED) is 0.607. The molecule has 0 aromatic carbocycles. The summed E-state index contributed by atoms with van der Waals surface area (Å²) in [7, 11) is 1.50. The maximum Gasteiger partial charge on any atom is 0.354 e. The Labute approximate surface area is 92.1 Å². The van der Waals surface area contributed by atoms with Gasteiger partial charge in [-0.1, -0.05) is 0 Å². The van der Waals surface area contributed by atoms with Crippen molar-refractivity contribution in [3.05, 3.63) is 18.0 Å². The van der Waals surface area contributed by atoms with Gasteiger partial charge in [-0.15, -0.1) is 0 Å². The minimum absolute atomic E-state index is 0.105. The number of carbonyl (C=O) groups is 1. The van der Waals surface area contributed by atoms with Gasteiger partial charge in [-0.3, -0.25) is 0 Å². The summed E-state index contributed by atoms with van der Waals surface area (Å²) in [6.07, 6.45) is 1.33. The highest BCUT2D eigenvalue weighted by atomic mass is 16.5. The Morgan fingerprint density at radius 3 is 3.00 bits per heavy atom. The Balaban J connectivity index is 2.72. The molecule has 16 heavy (non-hydrogen) atoms. The molecule has 88 valence electrons. The molecule has 3 N–H and O–H groups in total. The Morgan fingerprint density at radius 2 is 2.44 bits per heavy atom. The predicted octanol–water partition coefficient (Wildman–Crippen LogP) is -0.406. The normalized spacial score (nSPS) is 12.1. The van der Waals surface area contributed by atoms with E-state index < -0.39 is 5.97 Å². The fourth-order valence-corrected chi connectivity index (χ4v) is 1.07. The molecule has 1 unspecified atom stereocenters. The standard InChI is InChI=1S/C9H13N3O4/c1-16-5-6(4-13)11-9-10-3-2-7(12-9)8(14)15/h2-3,6,13H,4-5H2,1H3,(H,14,15)(H,10,11,12). The molecule has 0 aliphatic carbocycles. The van der Waals surface area contributed by atoms with Gasteiger partial charge in [-0.05, 0) is 6.07 Å². The smallest absolute Gasteiger partial charge is 0.354 e. The van der Waals surface area contributed by atoms with Crippen molar-refractivity contribution in [2.75, 3.05) is 25.6 Å². The lowest BCUT2D eigenvalue weighted by molar-refractivity contribution is 0.0690. The van der Waals surface area contributed by atoms with Crippen molar-refractivity contribution in [3.8, 4) is 0 Å². The van der Waals surface area contributed by atoms with E-state index in [-0.39, 0.29) is 30.9 Å². The van der Waals surface area contributed by atoms with Crippen LogP contribution in [0.25, 0.3) is 0 Å². The summed E-state index contributed by atoms with van der Waals surface area (Å²) in [5.74, 6) is -0.978. The maximum atomic E-state index is 10.6. The predicted molar refractivity (Wildman–Crippen MR) is 55.4 cm³/mol. The third kappa shape index (κ3) is 3.44. The van der Waals surface area contributed by atoms with E-state index in [2.05, 4.69) is 15.3 Å². The second-order valence-corrected chi connectivity index (χ2v) is 3.05. The van der Waals surface area contributed by atoms with Crippen LogP contribution in [0.4, 0.5) is 5.95 Å². The number of methoxy groups -OCH3 is 1. The summed E-state index contributed by atoms with van der Waals surface area (Å²) in [6.45, 7) is 0.117. The first kappa shape index (κ1) is 12.3. The van der Waals surface area contributed by atoms with Gasteiger partial charge in [0, 0.05) is 13.3 Å². The van der Waals surface area contributed by atoms with Crippen LogP contribution in [-0.4, -0.2) is 52.5 Å². The molecule has 0 fully saturated rings. The van der Waals surface area contributed by atoms with Crippen molar-refractivity contribution < 1.29 is 19.7 Å². The molecule has 0 bridgehead atoms. The molecule has 0 aliphatic heterocycles. The summed E-state index contributed by atoms with van der Waals surface area (Å²) >= 11 is 0. The molecule has 0 spiro atoms. The SMILES string of the molecule is COCC(CO)Nc1nccc(C(=O)O)n1. The molecule has 0 aliphatic rings. The number of anilines is 1. The number of carboxylic acid groups (broad SMARTS) is 1. The molecule has 1 aromatic rings. The van der Waals surface area contributed by atoms with E-state index in [0.29, 0.717) is 0 Å². The van der Waals surface area contributed by atoms with Crippen molar-refractivity contribution in [1.29, 1.82) is 0 Å². The molecule has 7 heteroatoms. The van der Waals surface area contributed by atoms with Crippen molar-refractivity contribution in [3.63, 3.8) is 0 Å². The van der Waals surface area contributed by atoms with Gasteiger partial charge < -0.3 is 20.3 Å². The first-order valence-corrected chi connectivity index (χ1v) is 4.60. The number of hydrogen-bond donors (Lipinski definition) is 3. The van der Waals surface area contributed by atoms with Crippen LogP contribution in [0.15, 0.2) is 12.3 Å². The van der Waals surface area contributed by atoms with Crippen molar-refractivity contribution in [2.45, 2.75) is 6.04 Å². The number of aliphatic hydroxyl groups excluding tert-OH is 1. The number of aliphatic hydroxyl groups is 1. The molecule has 0 saturated heterocycles. The summed E-state index contributed by atoms with van der Waals surface area (Å²) < 4.78 is 4.85. The van der Waals surface area contributed by atoms with E-state index in [4.69, 9.17) is 14.9 Å². The number of nitrogens with one attached hydrogen (secondary N) is 1. The Bertz CT molecular complexity index is 358. The van der Waals surface area contributed by atoms with Crippen LogP contribution in [0.2, 0.25) is 0 Å². The highest BCUT2D eigenvalue weighted by Gasteiger charge is 2.10. The molecule has 0 saturated carbocycles. The number of ether oxygens (including phenoxy) is 1. The van der Waals surface area contributed by atoms with Crippen molar-refractivity contribution in [1.82, 2.24) is 9.97 Å². The summed E-state index contributed by atoms with van der Waals surface area (Å²) in [5.41, 5.74) is -0.105. The van der Waals surface area contributed by atoms with Gasteiger partial charge in [-0.2, -0.15) is 0 Å². The van der Waals surface area contributed by atoms with Gasteiger partial charge in [-0.25, -0.2) is 14.8 Å². The van der Waals surface area contributed by atoms with Crippen molar-refractivity contribution in [2.24, 2.45) is 0 Å². The molecular formula is C9H13N3O4. The van der Waals surface area contributed by atoms with Crippen molar-refractivity contribution >= 4 is 11.9 Å². The lowest BCUT2D eigenvalue weighted by Crippen LogP contribution is -2.29. The Hall–Kier alpha value is -1.73. The van der Waals surface area contributed by atoms with Gasteiger partial charge in [0.15, 0.2) is 5.69 Å². The van der Waals surface area contributed by atoms with Crippen LogP contribution in [0.3, 0.4) is 0 Å². The van der Waals surface area contributed by atoms with E-state index in [1.54, 1.807) is 0 Å². The third-order valence-corrected chi connectivity index (χ3v) is 1.80. The molecule has 0 amide bonds. The third-order valence-electron chi connectivity index (χ3n) is 1.80. The number of aromatic nitrogens is 2. The van der Waals surface area contributed by atoms with Crippen LogP contribution in [-0.2, 0) is 4.74 Å². The fraction of sp³-hybridized carbons (Fsp3) is 0.444. The van der Waals surface area contributed by atoms with Crippen LogP contribution in [0, 0.1) is 0 Å². The van der Waals surface area contributed by atoms with Crippen LogP contribution in [0.5, 0.6) is 0 Å². The lowest BCUT2D eigenvalue weighted by atomic mass is 10.3. The number of rotatable bonds is 6. The topological polar surface area (TPSA) is 105 Å². The second-order valence-electron chi connectivity index (χ2n) is 3.05. The van der Waals surface area contributed by atoms with E-state index in [0.717, 1.165) is 0 Å². The highest BCUT2D eigenvalue weighted by Crippen LogP contribution is 2.02. The molecule has 7 nitrogen and oxygen atoms in total. The van der Waals surface area contributed by atoms with E-state index >= 15 is 0 Å². The number of nitrogens with zero attached hydrogens (tertiary/aromatic N) is 2. The molecule has 0 radical (unpaired) electrons. The summed E-state index contributed by atoms with van der Waals surface area (Å²) in [4.78, 5) is 18.2. The van der Waals surface area contributed by atoms with Gasteiger partial charge in [0.2, 0.25) is 5.95 Å². The number of aromatic carboxylic acids is 1. The monoisotopic (exact) mass is 227 g/mol. The van der Waals surface area contributed by atoms with Gasteiger partial charge in [0.25, 0.3) is 0 Å². The lowest BCUT2D eigenvalue weighted by Gasteiger charge is -2.14. The first-order chi connectivity index (χ1) is 7.67. The zero-order valence-electron chi connectivity index (χ0n) is 8.75. The summed E-state index contributed by atoms with van der Waals surface area (Å²) in [6, 6.07) is 0.923. The highest BCUT2D eigenvalue weighted by molar-refractivity contribution is 5.85. The average Bonchev–Trinajstić information content (AvgIpc) is 2.29. The number of hydrogen-bond acceptors (Lipinski definition) is 6. The fourth-order valence-electron chi connectivity index (χ4n) is 1.07. The molecule has 1 aromatic heterocycles. The van der Waals surface area contributed by atoms with Gasteiger partial charge >= 0.3 is 5.97 Å². The average molecular weight is 227 g/mol. The maximum absolute atomic E-state index is 10.6. The van der Waals surface area contributed by atoms with E-state index in [1.165, 1.54) is 19.4 Å². The van der Waals surface area contributed by atoms with Crippen LogP contribution >= 0.6 is 0 Å². The first-order valence-electron chi connectivity index (χ1n) is 4.60. The molecular weight excluding hydrogens is 214 g/mol. The molecule has 1 heterocycles. The Morgan fingerprint density at radius 1 is 1.69 bits per heavy atom. The molecule has 1 rings (SSSR count). The molecule has 1 atom stereocenters. The minimum atomic E-state index is -1.13. The largest absolute Gasteiger partial charge is 0.477 e. The van der Waals surface area contributed by atoms with Gasteiger partial charge in [0.05, 0.1) is 19.3 Å². The number of carboxylic acids is 1. The van der Waals surface area contributed by atoms with Crippen LogP contribution in [0.1, 0.15) is 10.5 Å².